The lowest BCUT2D eigenvalue weighted by atomic mass is 10.1. The van der Waals surface area contributed by atoms with Gasteiger partial charge < -0.3 is 10.4 Å². The highest BCUT2D eigenvalue weighted by Gasteiger charge is 2.31. The maximum atomic E-state index is 12.7. The van der Waals surface area contributed by atoms with Gasteiger partial charge in [-0.25, -0.2) is 0 Å². The van der Waals surface area contributed by atoms with Crippen LogP contribution in [-0.2, 0) is 12.7 Å². The second kappa shape index (κ2) is 6.03. The number of hydrogen-bond acceptors (Lipinski definition) is 2. The lowest BCUT2D eigenvalue weighted by Crippen LogP contribution is -2.06. The van der Waals surface area contributed by atoms with Gasteiger partial charge in [0, 0.05) is 17.3 Å². The highest BCUT2D eigenvalue weighted by molar-refractivity contribution is 6.32. The number of rotatable bonds is 3. The predicted molar refractivity (Wildman–Crippen MR) is 76.9 cm³/mol. The third kappa shape index (κ3) is 4.19. The van der Waals surface area contributed by atoms with Gasteiger partial charge in [-0.1, -0.05) is 29.3 Å². The molecule has 0 saturated heterocycles. The van der Waals surface area contributed by atoms with Crippen LogP contribution in [0.15, 0.2) is 36.4 Å². The molecule has 2 aromatic rings. The Kier molecular flexibility index (Phi) is 4.54. The Morgan fingerprint density at radius 1 is 1.05 bits per heavy atom. The maximum absolute atomic E-state index is 12.7. The lowest BCUT2D eigenvalue weighted by Gasteiger charge is -2.12. The third-order valence-electron chi connectivity index (χ3n) is 2.73. The van der Waals surface area contributed by atoms with E-state index in [0.717, 1.165) is 12.1 Å². The van der Waals surface area contributed by atoms with Gasteiger partial charge in [-0.15, -0.1) is 0 Å². The molecule has 0 atom stereocenters. The SMILES string of the molecule is Oc1ccc(CNc2cc(Cl)cc(C(F)(F)F)c2)cc1Cl. The summed E-state index contributed by atoms with van der Waals surface area (Å²) in [6, 6.07) is 7.80. The van der Waals surface area contributed by atoms with Gasteiger partial charge in [0.05, 0.1) is 10.6 Å². The highest BCUT2D eigenvalue weighted by atomic mass is 35.5. The summed E-state index contributed by atoms with van der Waals surface area (Å²) < 4.78 is 38.0. The summed E-state index contributed by atoms with van der Waals surface area (Å²) >= 11 is 11.4. The van der Waals surface area contributed by atoms with E-state index < -0.39 is 11.7 Å². The van der Waals surface area contributed by atoms with Crippen LogP contribution >= 0.6 is 23.2 Å². The Bertz CT molecular complexity index is 659. The van der Waals surface area contributed by atoms with Crippen LogP contribution in [0.1, 0.15) is 11.1 Å². The minimum atomic E-state index is -4.46. The fourth-order valence-electron chi connectivity index (χ4n) is 1.72. The predicted octanol–water partition coefficient (Wildman–Crippen LogP) is 5.33. The molecule has 7 heteroatoms. The molecule has 21 heavy (non-hydrogen) atoms. The molecule has 112 valence electrons. The Morgan fingerprint density at radius 3 is 2.38 bits per heavy atom. The van der Waals surface area contributed by atoms with E-state index in [0.29, 0.717) is 5.56 Å². The molecule has 0 amide bonds. The van der Waals surface area contributed by atoms with Gasteiger partial charge >= 0.3 is 6.18 Å². The molecular weight excluding hydrogens is 326 g/mol. The number of alkyl halides is 3. The van der Waals surface area contributed by atoms with Crippen molar-refractivity contribution in [2.24, 2.45) is 0 Å². The molecule has 0 saturated carbocycles. The van der Waals surface area contributed by atoms with E-state index in [2.05, 4.69) is 5.32 Å². The first kappa shape index (κ1) is 15.8. The van der Waals surface area contributed by atoms with Gasteiger partial charge in [0.1, 0.15) is 5.75 Å². The first-order valence-electron chi connectivity index (χ1n) is 5.85. The van der Waals surface area contributed by atoms with E-state index in [-0.39, 0.29) is 28.0 Å². The largest absolute Gasteiger partial charge is 0.506 e. The van der Waals surface area contributed by atoms with Crippen molar-refractivity contribution in [3.63, 3.8) is 0 Å². The zero-order chi connectivity index (χ0) is 15.6. The second-order valence-electron chi connectivity index (χ2n) is 4.37. The number of nitrogens with one attached hydrogen (secondary N) is 1. The quantitative estimate of drug-likeness (QED) is 0.794. The first-order chi connectivity index (χ1) is 9.75. The van der Waals surface area contributed by atoms with Crippen LogP contribution in [0.2, 0.25) is 10.0 Å². The van der Waals surface area contributed by atoms with Crippen molar-refractivity contribution >= 4 is 28.9 Å². The van der Waals surface area contributed by atoms with Crippen LogP contribution in [0.4, 0.5) is 18.9 Å². The van der Waals surface area contributed by atoms with Crippen molar-refractivity contribution in [3.05, 3.63) is 57.6 Å². The van der Waals surface area contributed by atoms with Crippen molar-refractivity contribution < 1.29 is 18.3 Å². The van der Waals surface area contributed by atoms with Gasteiger partial charge in [0.15, 0.2) is 0 Å². The molecule has 0 spiro atoms. The topological polar surface area (TPSA) is 32.3 Å². The molecule has 2 aromatic carbocycles. The molecule has 2 N–H and O–H groups in total. The van der Waals surface area contributed by atoms with Gasteiger partial charge in [-0.3, -0.25) is 0 Å². The summed E-state index contributed by atoms with van der Waals surface area (Å²) in [6.45, 7) is 0.248. The molecular formula is C14H10Cl2F3NO. The van der Waals surface area contributed by atoms with Crippen LogP contribution in [0.5, 0.6) is 5.75 Å². The molecule has 0 aliphatic heterocycles. The molecule has 0 aliphatic rings. The average Bonchev–Trinajstić information content (AvgIpc) is 2.38. The van der Waals surface area contributed by atoms with Crippen LogP contribution in [-0.4, -0.2) is 5.11 Å². The smallest absolute Gasteiger partial charge is 0.416 e. The average molecular weight is 336 g/mol. The van der Waals surface area contributed by atoms with E-state index in [1.807, 2.05) is 0 Å². The lowest BCUT2D eigenvalue weighted by molar-refractivity contribution is -0.137. The molecule has 2 nitrogen and oxygen atoms in total. The van der Waals surface area contributed by atoms with Crippen molar-refractivity contribution in [3.8, 4) is 5.75 Å². The number of hydrogen-bond donors (Lipinski definition) is 2. The summed E-state index contributed by atoms with van der Waals surface area (Å²) in [4.78, 5) is 0. The summed E-state index contributed by atoms with van der Waals surface area (Å²) in [5, 5.41) is 12.3. The zero-order valence-electron chi connectivity index (χ0n) is 10.5. The molecule has 2 rings (SSSR count). The zero-order valence-corrected chi connectivity index (χ0v) is 12.0. The second-order valence-corrected chi connectivity index (χ2v) is 5.21. The number of halogens is 5. The van der Waals surface area contributed by atoms with Crippen LogP contribution in [0, 0.1) is 0 Å². The summed E-state index contributed by atoms with van der Waals surface area (Å²) in [6.07, 6.45) is -4.46. The summed E-state index contributed by atoms with van der Waals surface area (Å²) in [5.41, 5.74) is 0.145. The molecule has 0 bridgehead atoms. The Balaban J connectivity index is 2.16. The van der Waals surface area contributed by atoms with Gasteiger partial charge in [0.25, 0.3) is 0 Å². The maximum Gasteiger partial charge on any atom is 0.416 e. The van der Waals surface area contributed by atoms with E-state index in [1.54, 1.807) is 6.07 Å². The Labute approximate surface area is 129 Å². The normalized spacial score (nSPS) is 11.5. The number of benzene rings is 2. The molecule has 0 heterocycles. The molecule has 0 aliphatic carbocycles. The monoisotopic (exact) mass is 335 g/mol. The van der Waals surface area contributed by atoms with E-state index >= 15 is 0 Å². The van der Waals surface area contributed by atoms with Crippen molar-refractivity contribution in [2.75, 3.05) is 5.32 Å². The van der Waals surface area contributed by atoms with E-state index in [4.69, 9.17) is 23.2 Å². The van der Waals surface area contributed by atoms with E-state index in [1.165, 1.54) is 18.2 Å². The van der Waals surface area contributed by atoms with Crippen molar-refractivity contribution in [2.45, 2.75) is 12.7 Å². The fourth-order valence-corrected chi connectivity index (χ4v) is 2.16. The van der Waals surface area contributed by atoms with E-state index in [9.17, 15) is 18.3 Å². The van der Waals surface area contributed by atoms with Gasteiger partial charge in [0.2, 0.25) is 0 Å². The molecule has 0 unspecified atom stereocenters. The first-order valence-corrected chi connectivity index (χ1v) is 6.60. The minimum absolute atomic E-state index is 0.00364. The van der Waals surface area contributed by atoms with Crippen LogP contribution in [0.25, 0.3) is 0 Å². The number of phenols is 1. The fraction of sp³-hybridized carbons (Fsp3) is 0.143. The van der Waals surface area contributed by atoms with Crippen LogP contribution < -0.4 is 5.32 Å². The summed E-state index contributed by atoms with van der Waals surface area (Å²) in [7, 11) is 0. The van der Waals surface area contributed by atoms with Crippen LogP contribution in [0.3, 0.4) is 0 Å². The van der Waals surface area contributed by atoms with Crippen molar-refractivity contribution in [1.29, 1.82) is 0 Å². The number of phenolic OH excluding ortho intramolecular Hbond substituents is 1. The molecule has 0 radical (unpaired) electrons. The molecule has 0 fully saturated rings. The number of aromatic hydroxyl groups is 1. The highest BCUT2D eigenvalue weighted by Crippen LogP contribution is 2.33. The molecule has 0 aromatic heterocycles. The standard InChI is InChI=1S/C14H10Cl2F3NO/c15-10-4-9(14(17,18)19)5-11(6-10)20-7-8-1-2-13(21)12(16)3-8/h1-6,20-21H,7H2. The van der Waals surface area contributed by atoms with Gasteiger partial charge in [-0.05, 0) is 35.9 Å². The van der Waals surface area contributed by atoms with Gasteiger partial charge in [-0.2, -0.15) is 13.2 Å². The minimum Gasteiger partial charge on any atom is -0.506 e. The Morgan fingerprint density at radius 2 is 1.76 bits per heavy atom. The number of anilines is 1. The third-order valence-corrected chi connectivity index (χ3v) is 3.25. The summed E-state index contributed by atoms with van der Waals surface area (Å²) in [5.74, 6) is -0.0532. The Hall–Kier alpha value is -1.59. The van der Waals surface area contributed by atoms with Crippen molar-refractivity contribution in [1.82, 2.24) is 0 Å².